The number of pyridine rings is 1. The second-order valence-electron chi connectivity index (χ2n) is 5.58. The van der Waals surface area contributed by atoms with Crippen molar-refractivity contribution in [2.24, 2.45) is 5.73 Å². The topological polar surface area (TPSA) is 92.3 Å². The van der Waals surface area contributed by atoms with E-state index in [1.54, 1.807) is 13.0 Å². The minimum absolute atomic E-state index is 0.0606. The van der Waals surface area contributed by atoms with Crippen molar-refractivity contribution in [3.63, 3.8) is 0 Å². The van der Waals surface area contributed by atoms with Crippen LogP contribution in [0.4, 0.5) is 13.2 Å². The summed E-state index contributed by atoms with van der Waals surface area (Å²) in [6.07, 6.45) is -3.32. The molecule has 0 unspecified atom stereocenters. The highest BCUT2D eigenvalue weighted by molar-refractivity contribution is 6.07. The monoisotopic (exact) mass is 392 g/mol. The highest BCUT2D eigenvalue weighted by Crippen LogP contribution is 2.29. The van der Waals surface area contributed by atoms with E-state index < -0.39 is 12.3 Å². The molecule has 0 saturated carbocycles. The lowest BCUT2D eigenvalue weighted by molar-refractivity contribution is -0.274. The number of carbonyl (C=O) groups is 1. The number of aromatic nitrogens is 3. The molecule has 0 saturated heterocycles. The third-order valence-electron chi connectivity index (χ3n) is 3.74. The summed E-state index contributed by atoms with van der Waals surface area (Å²) in [6, 6.07) is 6.57. The van der Waals surface area contributed by atoms with Crippen molar-refractivity contribution in [2.75, 3.05) is 6.61 Å². The summed E-state index contributed by atoms with van der Waals surface area (Å²) in [5.41, 5.74) is 6.51. The van der Waals surface area contributed by atoms with Gasteiger partial charge in [0.25, 0.3) is 5.91 Å². The number of carbonyl (C=O) groups excluding carboxylic acids is 1. The van der Waals surface area contributed by atoms with Crippen molar-refractivity contribution in [3.05, 3.63) is 54.4 Å². The number of fused-ring (bicyclic) bond motifs is 1. The number of hydrogen-bond donors (Lipinski definition) is 1. The van der Waals surface area contributed by atoms with Gasteiger partial charge in [-0.3, -0.25) is 4.79 Å². The second-order valence-corrected chi connectivity index (χ2v) is 5.58. The van der Waals surface area contributed by atoms with Crippen LogP contribution in [0.2, 0.25) is 0 Å². The summed E-state index contributed by atoms with van der Waals surface area (Å²) in [4.78, 5) is 16.1. The van der Waals surface area contributed by atoms with Gasteiger partial charge >= 0.3 is 6.36 Å². The van der Waals surface area contributed by atoms with Crippen LogP contribution in [-0.4, -0.2) is 33.6 Å². The van der Waals surface area contributed by atoms with Gasteiger partial charge < -0.3 is 15.2 Å². The minimum atomic E-state index is -4.80. The lowest BCUT2D eigenvalue weighted by Crippen LogP contribution is -2.17. The molecule has 146 valence electrons. The Bertz CT molecular complexity index is 1040. The number of hydrogen-bond acceptors (Lipinski definition) is 5. The molecule has 0 spiro atoms. The Morgan fingerprint density at radius 2 is 1.93 bits per heavy atom. The highest BCUT2D eigenvalue weighted by Gasteiger charge is 2.31. The predicted molar refractivity (Wildman–Crippen MR) is 94.7 cm³/mol. The maximum absolute atomic E-state index is 12.3. The van der Waals surface area contributed by atoms with E-state index in [0.29, 0.717) is 29.0 Å². The van der Waals surface area contributed by atoms with Gasteiger partial charge in [0.2, 0.25) is 0 Å². The number of nitrogens with zero attached hydrogens (tertiary/aromatic N) is 3. The zero-order valence-electron chi connectivity index (χ0n) is 14.7. The molecule has 3 rings (SSSR count). The fraction of sp³-hybridized carbons (Fsp3) is 0.167. The summed E-state index contributed by atoms with van der Waals surface area (Å²) < 4.78 is 47.5. The Hall–Kier alpha value is -3.56. The van der Waals surface area contributed by atoms with Gasteiger partial charge in [-0.05, 0) is 37.3 Å². The molecule has 2 heterocycles. The SMILES string of the molecule is C=C(OCC)c1ccnc2c1c(C(N)=O)nn2-c1ccc(OC(F)(F)F)cc1. The molecule has 0 fully saturated rings. The van der Waals surface area contributed by atoms with Gasteiger partial charge in [0.15, 0.2) is 11.3 Å². The van der Waals surface area contributed by atoms with Gasteiger partial charge in [-0.2, -0.15) is 5.10 Å². The lowest BCUT2D eigenvalue weighted by atomic mass is 10.1. The molecule has 0 atom stereocenters. The zero-order chi connectivity index (χ0) is 20.5. The zero-order valence-corrected chi connectivity index (χ0v) is 14.7. The number of alkyl halides is 3. The van der Waals surface area contributed by atoms with E-state index in [4.69, 9.17) is 10.5 Å². The molecule has 10 heteroatoms. The maximum Gasteiger partial charge on any atom is 0.573 e. The van der Waals surface area contributed by atoms with Gasteiger partial charge in [-0.1, -0.05) is 6.58 Å². The number of nitrogens with two attached hydrogens (primary N) is 1. The molecule has 7 nitrogen and oxygen atoms in total. The van der Waals surface area contributed by atoms with E-state index in [0.717, 1.165) is 12.1 Å². The number of ether oxygens (including phenoxy) is 2. The number of rotatable bonds is 6. The van der Waals surface area contributed by atoms with Crippen LogP contribution in [0, 0.1) is 0 Å². The Morgan fingerprint density at radius 1 is 1.25 bits per heavy atom. The molecular formula is C18H15F3N4O3. The quantitative estimate of drug-likeness (QED) is 0.649. The average molecular weight is 392 g/mol. The first-order chi connectivity index (χ1) is 13.2. The molecule has 28 heavy (non-hydrogen) atoms. The van der Waals surface area contributed by atoms with Gasteiger partial charge in [0.05, 0.1) is 17.7 Å². The summed E-state index contributed by atoms with van der Waals surface area (Å²) in [6.45, 7) is 5.98. The first kappa shape index (κ1) is 19.2. The highest BCUT2D eigenvalue weighted by atomic mass is 19.4. The van der Waals surface area contributed by atoms with Crippen molar-refractivity contribution in [1.29, 1.82) is 0 Å². The van der Waals surface area contributed by atoms with E-state index in [1.165, 1.54) is 23.0 Å². The molecule has 3 aromatic rings. The van der Waals surface area contributed by atoms with Crippen molar-refractivity contribution in [1.82, 2.24) is 14.8 Å². The van der Waals surface area contributed by atoms with Crippen LogP contribution in [0.25, 0.3) is 22.5 Å². The van der Waals surface area contributed by atoms with Crippen LogP contribution in [0.5, 0.6) is 5.75 Å². The largest absolute Gasteiger partial charge is 0.573 e. The Morgan fingerprint density at radius 3 is 2.50 bits per heavy atom. The molecule has 2 aromatic heterocycles. The second kappa shape index (κ2) is 7.22. The molecule has 1 amide bonds. The van der Waals surface area contributed by atoms with Crippen molar-refractivity contribution in [2.45, 2.75) is 13.3 Å². The lowest BCUT2D eigenvalue weighted by Gasteiger charge is -2.10. The molecule has 2 N–H and O–H groups in total. The average Bonchev–Trinajstić information content (AvgIpc) is 3.01. The van der Waals surface area contributed by atoms with E-state index in [2.05, 4.69) is 21.4 Å². The maximum atomic E-state index is 12.3. The number of halogens is 3. The van der Waals surface area contributed by atoms with Crippen molar-refractivity contribution >= 4 is 22.7 Å². The van der Waals surface area contributed by atoms with E-state index in [1.807, 2.05) is 0 Å². The van der Waals surface area contributed by atoms with Gasteiger partial charge in [-0.15, -0.1) is 13.2 Å². The number of amides is 1. The third kappa shape index (κ3) is 3.75. The van der Waals surface area contributed by atoms with Crippen LogP contribution in [0.3, 0.4) is 0 Å². The first-order valence-electron chi connectivity index (χ1n) is 8.07. The van der Waals surface area contributed by atoms with E-state index >= 15 is 0 Å². The molecular weight excluding hydrogens is 377 g/mol. The number of primary amides is 1. The summed E-state index contributed by atoms with van der Waals surface area (Å²) >= 11 is 0. The summed E-state index contributed by atoms with van der Waals surface area (Å²) in [7, 11) is 0. The molecule has 0 aliphatic rings. The Kier molecular flexibility index (Phi) is 4.95. The van der Waals surface area contributed by atoms with E-state index in [-0.39, 0.29) is 17.1 Å². The van der Waals surface area contributed by atoms with Crippen LogP contribution in [-0.2, 0) is 4.74 Å². The Balaban J connectivity index is 2.13. The standard InChI is InChI=1S/C18H15F3N4O3/c1-3-27-10(2)13-8-9-23-17-14(13)15(16(22)26)24-25(17)11-4-6-12(7-5-11)28-18(19,20)21/h4-9H,2-3H2,1H3,(H2,22,26). The van der Waals surface area contributed by atoms with Crippen LogP contribution < -0.4 is 10.5 Å². The number of benzene rings is 1. The van der Waals surface area contributed by atoms with Gasteiger partial charge in [0, 0.05) is 11.8 Å². The fourth-order valence-electron chi connectivity index (χ4n) is 2.67. The summed E-state index contributed by atoms with van der Waals surface area (Å²) in [5.74, 6) is -0.869. The van der Waals surface area contributed by atoms with Crippen LogP contribution >= 0.6 is 0 Å². The van der Waals surface area contributed by atoms with Crippen LogP contribution in [0.1, 0.15) is 23.0 Å². The van der Waals surface area contributed by atoms with Crippen molar-refractivity contribution < 1.29 is 27.4 Å². The fourth-order valence-corrected chi connectivity index (χ4v) is 2.67. The Labute approximate surface area is 157 Å². The molecule has 0 aliphatic heterocycles. The smallest absolute Gasteiger partial charge is 0.494 e. The van der Waals surface area contributed by atoms with Gasteiger partial charge in [-0.25, -0.2) is 9.67 Å². The minimum Gasteiger partial charge on any atom is -0.494 e. The molecule has 1 aromatic carbocycles. The van der Waals surface area contributed by atoms with Crippen LogP contribution in [0.15, 0.2) is 43.1 Å². The molecule has 0 aliphatic carbocycles. The van der Waals surface area contributed by atoms with E-state index in [9.17, 15) is 18.0 Å². The normalized spacial score (nSPS) is 11.4. The third-order valence-corrected chi connectivity index (χ3v) is 3.74. The first-order valence-corrected chi connectivity index (χ1v) is 8.07. The molecule has 0 radical (unpaired) electrons. The molecule has 0 bridgehead atoms. The van der Waals surface area contributed by atoms with Crippen molar-refractivity contribution in [3.8, 4) is 11.4 Å². The predicted octanol–water partition coefficient (Wildman–Crippen LogP) is 3.43. The summed E-state index contributed by atoms with van der Waals surface area (Å²) in [5, 5.41) is 4.52. The van der Waals surface area contributed by atoms with Gasteiger partial charge in [0.1, 0.15) is 11.5 Å².